The van der Waals surface area contributed by atoms with E-state index in [1.165, 1.54) is 44.9 Å². The number of aliphatic hydroxyl groups excluding tert-OH is 3. The average Bonchev–Trinajstić information content (AvgIpc) is 2.55. The molecule has 22 heavy (non-hydrogen) atoms. The van der Waals surface area contributed by atoms with E-state index in [0.717, 1.165) is 12.0 Å². The number of hydrogen-bond acceptors (Lipinski definition) is 4. The van der Waals surface area contributed by atoms with Crippen LogP contribution < -0.4 is 0 Å². The summed E-state index contributed by atoms with van der Waals surface area (Å²) in [7, 11) is 0. The van der Waals surface area contributed by atoms with Crippen LogP contribution in [0.15, 0.2) is 24.3 Å². The molecular weight excluding hydrogens is 280 g/mol. The fourth-order valence-corrected chi connectivity index (χ4v) is 2.05. The van der Waals surface area contributed by atoms with E-state index >= 15 is 0 Å². The molecule has 0 saturated heterocycles. The summed E-state index contributed by atoms with van der Waals surface area (Å²) in [5, 5.41) is 33.6. The number of aliphatic hydroxyl groups is 3. The second-order valence-electron chi connectivity index (χ2n) is 5.52. The van der Waals surface area contributed by atoms with Gasteiger partial charge in [0.05, 0.1) is 13.2 Å². The fraction of sp³-hybridized carbons (Fsp3) is 0.667. The maximum Gasteiger partial charge on any atom is 0.118 e. The topological polar surface area (TPSA) is 80.9 Å². The van der Waals surface area contributed by atoms with Crippen LogP contribution in [0.3, 0.4) is 0 Å². The van der Waals surface area contributed by atoms with Gasteiger partial charge in [0.1, 0.15) is 11.9 Å². The van der Waals surface area contributed by atoms with E-state index in [1.54, 1.807) is 6.07 Å². The van der Waals surface area contributed by atoms with Crippen molar-refractivity contribution in [3.05, 3.63) is 29.8 Å². The molecule has 0 amide bonds. The molecule has 1 rings (SSSR count). The number of unbranched alkanes of at least 4 members (excludes halogenated alkanes) is 6. The van der Waals surface area contributed by atoms with Crippen molar-refractivity contribution in [2.45, 2.75) is 64.4 Å². The van der Waals surface area contributed by atoms with Crippen molar-refractivity contribution in [1.29, 1.82) is 0 Å². The largest absolute Gasteiger partial charge is 0.508 e. The summed E-state index contributed by atoms with van der Waals surface area (Å²) in [6.07, 6.45) is 9.33. The Bertz CT molecular complexity index is 351. The number of phenols is 1. The van der Waals surface area contributed by atoms with E-state index in [0.29, 0.717) is 5.75 Å². The average molecular weight is 312 g/mol. The van der Waals surface area contributed by atoms with Gasteiger partial charge in [-0.2, -0.15) is 0 Å². The van der Waals surface area contributed by atoms with Gasteiger partial charge in [0.15, 0.2) is 0 Å². The van der Waals surface area contributed by atoms with Crippen molar-refractivity contribution < 1.29 is 20.4 Å². The van der Waals surface area contributed by atoms with Crippen LogP contribution in [0, 0.1) is 0 Å². The number of rotatable bonds is 10. The van der Waals surface area contributed by atoms with Crippen molar-refractivity contribution >= 4 is 0 Å². The zero-order valence-electron chi connectivity index (χ0n) is 13.7. The first-order valence-electron chi connectivity index (χ1n) is 8.32. The van der Waals surface area contributed by atoms with Gasteiger partial charge in [-0.15, -0.1) is 0 Å². The molecule has 128 valence electrons. The fourth-order valence-electron chi connectivity index (χ4n) is 2.05. The molecule has 0 bridgehead atoms. The van der Waals surface area contributed by atoms with Crippen LogP contribution in [-0.4, -0.2) is 39.7 Å². The van der Waals surface area contributed by atoms with Gasteiger partial charge in [0.25, 0.3) is 0 Å². The highest BCUT2D eigenvalue weighted by atomic mass is 16.3. The number of para-hydroxylation sites is 1. The van der Waals surface area contributed by atoms with Crippen molar-refractivity contribution in [2.24, 2.45) is 0 Å². The normalized spacial score (nSPS) is 10.4. The Kier molecular flexibility index (Phi) is 14.1. The van der Waals surface area contributed by atoms with Gasteiger partial charge in [0, 0.05) is 0 Å². The highest BCUT2D eigenvalue weighted by Crippen LogP contribution is 2.18. The Labute approximate surface area is 134 Å². The highest BCUT2D eigenvalue weighted by molar-refractivity contribution is 5.31. The number of benzene rings is 1. The summed E-state index contributed by atoms with van der Waals surface area (Å²) >= 11 is 0. The molecule has 0 aliphatic heterocycles. The lowest BCUT2D eigenvalue weighted by molar-refractivity contribution is 0.0450. The summed E-state index contributed by atoms with van der Waals surface area (Å²) in [6.45, 7) is 1.52. The van der Waals surface area contributed by atoms with Crippen LogP contribution in [0.1, 0.15) is 57.4 Å². The molecule has 1 aromatic carbocycles. The molecule has 4 nitrogen and oxygen atoms in total. The molecule has 0 radical (unpaired) electrons. The van der Waals surface area contributed by atoms with E-state index in [1.807, 2.05) is 18.2 Å². The van der Waals surface area contributed by atoms with Gasteiger partial charge in [-0.1, -0.05) is 63.6 Å². The van der Waals surface area contributed by atoms with Crippen molar-refractivity contribution in [2.75, 3.05) is 13.2 Å². The van der Waals surface area contributed by atoms with Gasteiger partial charge >= 0.3 is 0 Å². The third-order valence-electron chi connectivity index (χ3n) is 3.46. The van der Waals surface area contributed by atoms with E-state index < -0.39 is 6.10 Å². The van der Waals surface area contributed by atoms with Crippen LogP contribution in [0.4, 0.5) is 0 Å². The monoisotopic (exact) mass is 312 g/mol. The zero-order valence-corrected chi connectivity index (χ0v) is 13.7. The van der Waals surface area contributed by atoms with Crippen LogP contribution in [0.5, 0.6) is 5.75 Å². The van der Waals surface area contributed by atoms with Gasteiger partial charge in [0.2, 0.25) is 0 Å². The number of hydrogen-bond donors (Lipinski definition) is 4. The Morgan fingerprint density at radius 3 is 1.91 bits per heavy atom. The minimum absolute atomic E-state index is 0.365. The molecular formula is C18H32O4. The number of aromatic hydroxyl groups is 1. The molecule has 0 atom stereocenters. The zero-order chi connectivity index (χ0) is 16.6. The van der Waals surface area contributed by atoms with Crippen molar-refractivity contribution in [1.82, 2.24) is 0 Å². The standard InChI is InChI=1S/C15H24O.C3H8O3/c1-2-3-4-5-6-7-8-11-14-12-9-10-13-15(14)16;4-1-3(6)2-5/h9-10,12-13,16H,2-8,11H2,1H3;3-6H,1-2H2. The van der Waals surface area contributed by atoms with Gasteiger partial charge in [-0.25, -0.2) is 0 Å². The lowest BCUT2D eigenvalue weighted by Crippen LogP contribution is -2.15. The van der Waals surface area contributed by atoms with Crippen LogP contribution >= 0.6 is 0 Å². The van der Waals surface area contributed by atoms with Crippen LogP contribution in [0.2, 0.25) is 0 Å². The van der Waals surface area contributed by atoms with Gasteiger partial charge in [-0.05, 0) is 24.5 Å². The van der Waals surface area contributed by atoms with Crippen LogP contribution in [0.25, 0.3) is 0 Å². The molecule has 0 fully saturated rings. The Morgan fingerprint density at radius 2 is 1.41 bits per heavy atom. The lowest BCUT2D eigenvalue weighted by Gasteiger charge is -2.04. The second kappa shape index (κ2) is 14.8. The minimum Gasteiger partial charge on any atom is -0.508 e. The first-order chi connectivity index (χ1) is 10.7. The summed E-state index contributed by atoms with van der Waals surface area (Å²) in [6, 6.07) is 7.67. The maximum absolute atomic E-state index is 9.58. The third kappa shape index (κ3) is 11.5. The molecule has 0 aromatic heterocycles. The summed E-state index contributed by atoms with van der Waals surface area (Å²) in [5.74, 6) is 0.452. The molecule has 0 aliphatic rings. The summed E-state index contributed by atoms with van der Waals surface area (Å²) in [5.41, 5.74) is 1.09. The smallest absolute Gasteiger partial charge is 0.118 e. The molecule has 0 saturated carbocycles. The lowest BCUT2D eigenvalue weighted by atomic mass is 10.0. The van der Waals surface area contributed by atoms with Crippen molar-refractivity contribution in [3.63, 3.8) is 0 Å². The van der Waals surface area contributed by atoms with Gasteiger partial charge in [-0.3, -0.25) is 0 Å². The molecule has 0 heterocycles. The second-order valence-corrected chi connectivity index (χ2v) is 5.52. The minimum atomic E-state index is -0.954. The van der Waals surface area contributed by atoms with E-state index in [9.17, 15) is 5.11 Å². The quantitative estimate of drug-likeness (QED) is 0.501. The first kappa shape index (κ1) is 20.9. The summed E-state index contributed by atoms with van der Waals surface area (Å²) < 4.78 is 0. The first-order valence-corrected chi connectivity index (χ1v) is 8.32. The Hall–Kier alpha value is -1.10. The predicted molar refractivity (Wildman–Crippen MR) is 90.0 cm³/mol. The SMILES string of the molecule is CCCCCCCCCc1ccccc1O.OCC(O)CO. The summed E-state index contributed by atoms with van der Waals surface area (Å²) in [4.78, 5) is 0. The molecule has 1 aromatic rings. The molecule has 0 unspecified atom stereocenters. The molecule has 0 aliphatic carbocycles. The number of phenolic OH excluding ortho intramolecular Hbond substituents is 1. The Balaban J connectivity index is 0.000000626. The third-order valence-corrected chi connectivity index (χ3v) is 3.46. The molecule has 4 heteroatoms. The molecule has 4 N–H and O–H groups in total. The van der Waals surface area contributed by atoms with Crippen molar-refractivity contribution in [3.8, 4) is 5.75 Å². The Morgan fingerprint density at radius 1 is 0.864 bits per heavy atom. The maximum atomic E-state index is 9.58. The van der Waals surface area contributed by atoms with E-state index in [2.05, 4.69) is 6.92 Å². The van der Waals surface area contributed by atoms with Gasteiger partial charge < -0.3 is 20.4 Å². The highest BCUT2D eigenvalue weighted by Gasteiger charge is 1.98. The van der Waals surface area contributed by atoms with Crippen LogP contribution in [-0.2, 0) is 6.42 Å². The number of aryl methyl sites for hydroxylation is 1. The predicted octanol–water partition coefficient (Wildman–Crippen LogP) is 3.02. The van der Waals surface area contributed by atoms with E-state index in [-0.39, 0.29) is 13.2 Å². The molecule has 0 spiro atoms. The van der Waals surface area contributed by atoms with E-state index in [4.69, 9.17) is 15.3 Å².